The Bertz CT molecular complexity index is 383. The summed E-state index contributed by atoms with van der Waals surface area (Å²) < 4.78 is 32.0. The molecular formula is C13H20F2N2O. The molecule has 0 aliphatic heterocycles. The average Bonchev–Trinajstić information content (AvgIpc) is 2.30. The van der Waals surface area contributed by atoms with Crippen molar-refractivity contribution in [3.8, 4) is 5.88 Å². The van der Waals surface area contributed by atoms with E-state index in [9.17, 15) is 8.78 Å². The van der Waals surface area contributed by atoms with Crippen molar-refractivity contribution < 1.29 is 13.5 Å². The van der Waals surface area contributed by atoms with Gasteiger partial charge in [0.2, 0.25) is 0 Å². The van der Waals surface area contributed by atoms with Crippen molar-refractivity contribution in [1.29, 1.82) is 0 Å². The Balaban J connectivity index is 2.71. The average molecular weight is 258 g/mol. The summed E-state index contributed by atoms with van der Waals surface area (Å²) in [7, 11) is 0. The van der Waals surface area contributed by atoms with E-state index in [-0.39, 0.29) is 11.7 Å². The Hall–Kier alpha value is -1.39. The molecule has 0 fully saturated rings. The zero-order valence-corrected chi connectivity index (χ0v) is 11.1. The molecule has 1 rings (SSSR count). The van der Waals surface area contributed by atoms with Crippen LogP contribution in [0.25, 0.3) is 0 Å². The molecule has 18 heavy (non-hydrogen) atoms. The van der Waals surface area contributed by atoms with Crippen molar-refractivity contribution >= 4 is 5.82 Å². The van der Waals surface area contributed by atoms with Gasteiger partial charge >= 0.3 is 0 Å². The highest BCUT2D eigenvalue weighted by molar-refractivity contribution is 5.39. The summed E-state index contributed by atoms with van der Waals surface area (Å²) in [5, 5.41) is 2.80. The van der Waals surface area contributed by atoms with Crippen molar-refractivity contribution in [2.24, 2.45) is 5.92 Å². The minimum absolute atomic E-state index is 0.0396. The number of hydrogen-bond donors (Lipinski definition) is 1. The molecule has 3 nitrogen and oxygen atoms in total. The summed E-state index contributed by atoms with van der Waals surface area (Å²) in [6.07, 6.45) is 1.64. The Morgan fingerprint density at radius 3 is 2.67 bits per heavy atom. The number of aromatic nitrogens is 1. The molecule has 102 valence electrons. The van der Waals surface area contributed by atoms with Crippen molar-refractivity contribution in [2.75, 3.05) is 18.5 Å². The summed E-state index contributed by atoms with van der Waals surface area (Å²) in [4.78, 5) is 3.82. The molecule has 0 unspecified atom stereocenters. The Morgan fingerprint density at radius 2 is 2.06 bits per heavy atom. The van der Waals surface area contributed by atoms with Crippen LogP contribution in [0, 0.1) is 17.6 Å². The van der Waals surface area contributed by atoms with Gasteiger partial charge in [-0.05, 0) is 18.8 Å². The molecule has 1 aromatic rings. The van der Waals surface area contributed by atoms with Crippen molar-refractivity contribution in [3.63, 3.8) is 0 Å². The third-order valence-electron chi connectivity index (χ3n) is 2.37. The fraction of sp³-hybridized carbons (Fsp3) is 0.615. The lowest BCUT2D eigenvalue weighted by atomic mass is 10.1. The van der Waals surface area contributed by atoms with Crippen molar-refractivity contribution in [1.82, 2.24) is 4.98 Å². The van der Waals surface area contributed by atoms with Gasteiger partial charge in [-0.1, -0.05) is 20.8 Å². The van der Waals surface area contributed by atoms with Crippen LogP contribution >= 0.6 is 0 Å². The smallest absolute Gasteiger partial charge is 0.252 e. The molecule has 1 aromatic heterocycles. The number of ether oxygens (including phenoxy) is 1. The van der Waals surface area contributed by atoms with Gasteiger partial charge in [0.05, 0.1) is 6.61 Å². The van der Waals surface area contributed by atoms with Gasteiger partial charge in [-0.3, -0.25) is 0 Å². The molecular weight excluding hydrogens is 238 g/mol. The van der Waals surface area contributed by atoms with Crippen LogP contribution in [-0.2, 0) is 0 Å². The van der Waals surface area contributed by atoms with E-state index in [1.807, 2.05) is 20.8 Å². The Labute approximate surface area is 107 Å². The molecule has 0 aliphatic carbocycles. The van der Waals surface area contributed by atoms with E-state index in [1.165, 1.54) is 0 Å². The van der Waals surface area contributed by atoms with Gasteiger partial charge in [-0.25, -0.2) is 8.78 Å². The maximum absolute atomic E-state index is 13.4. The first-order valence-corrected chi connectivity index (χ1v) is 6.27. The number of pyridine rings is 1. The lowest BCUT2D eigenvalue weighted by molar-refractivity contribution is 0.265. The lowest BCUT2D eigenvalue weighted by Gasteiger charge is -2.11. The van der Waals surface area contributed by atoms with Crippen LogP contribution in [0.15, 0.2) is 6.07 Å². The van der Waals surface area contributed by atoms with Crippen molar-refractivity contribution in [3.05, 3.63) is 17.7 Å². The predicted molar refractivity (Wildman–Crippen MR) is 67.9 cm³/mol. The minimum Gasteiger partial charge on any atom is -0.476 e. The van der Waals surface area contributed by atoms with Crippen LogP contribution in [0.1, 0.15) is 33.6 Å². The van der Waals surface area contributed by atoms with E-state index >= 15 is 0 Å². The summed E-state index contributed by atoms with van der Waals surface area (Å²) in [6, 6.07) is 0.801. The molecule has 0 radical (unpaired) electrons. The molecule has 0 saturated carbocycles. The standard InChI is InChI=1S/C13H20F2N2O/c1-4-6-16-12-10(14)8-11(15)13(17-12)18-7-5-9(2)3/h8-9H,4-7H2,1-3H3,(H,16,17). The van der Waals surface area contributed by atoms with Crippen LogP contribution in [-0.4, -0.2) is 18.1 Å². The van der Waals surface area contributed by atoms with Crippen LogP contribution in [0.3, 0.4) is 0 Å². The topological polar surface area (TPSA) is 34.2 Å². The summed E-state index contributed by atoms with van der Waals surface area (Å²) in [5.74, 6) is -1.10. The van der Waals surface area contributed by atoms with Crippen LogP contribution in [0.5, 0.6) is 5.88 Å². The number of nitrogens with one attached hydrogen (secondary N) is 1. The molecule has 1 heterocycles. The molecule has 0 aliphatic rings. The molecule has 0 spiro atoms. The zero-order chi connectivity index (χ0) is 13.5. The molecule has 0 atom stereocenters. The number of hydrogen-bond acceptors (Lipinski definition) is 3. The third kappa shape index (κ3) is 4.47. The van der Waals surface area contributed by atoms with Crippen molar-refractivity contribution in [2.45, 2.75) is 33.6 Å². The second kappa shape index (κ2) is 7.13. The fourth-order valence-corrected chi connectivity index (χ4v) is 1.31. The molecule has 0 saturated heterocycles. The maximum atomic E-state index is 13.4. The normalized spacial score (nSPS) is 10.8. The second-order valence-corrected chi connectivity index (χ2v) is 4.56. The van der Waals surface area contributed by atoms with Gasteiger partial charge in [-0.15, -0.1) is 0 Å². The highest BCUT2D eigenvalue weighted by Gasteiger charge is 2.12. The SMILES string of the molecule is CCCNc1nc(OCCC(C)C)c(F)cc1F. The van der Waals surface area contributed by atoms with Crippen LogP contribution in [0.4, 0.5) is 14.6 Å². The summed E-state index contributed by atoms with van der Waals surface area (Å²) in [5.41, 5.74) is 0. The second-order valence-electron chi connectivity index (χ2n) is 4.56. The fourth-order valence-electron chi connectivity index (χ4n) is 1.31. The Kier molecular flexibility index (Phi) is 5.82. The largest absolute Gasteiger partial charge is 0.476 e. The molecule has 0 amide bonds. The highest BCUT2D eigenvalue weighted by Crippen LogP contribution is 2.21. The molecule has 5 heteroatoms. The van der Waals surface area contributed by atoms with E-state index in [0.29, 0.717) is 19.1 Å². The summed E-state index contributed by atoms with van der Waals surface area (Å²) >= 11 is 0. The number of nitrogens with zero attached hydrogens (tertiary/aromatic N) is 1. The number of anilines is 1. The summed E-state index contributed by atoms with van der Waals surface area (Å²) in [6.45, 7) is 7.01. The van der Waals surface area contributed by atoms with E-state index < -0.39 is 11.6 Å². The van der Waals surface area contributed by atoms with E-state index in [2.05, 4.69) is 10.3 Å². The van der Waals surface area contributed by atoms with E-state index in [4.69, 9.17) is 4.74 Å². The first-order valence-electron chi connectivity index (χ1n) is 6.27. The zero-order valence-electron chi connectivity index (χ0n) is 11.1. The first-order chi connectivity index (χ1) is 8.54. The van der Waals surface area contributed by atoms with Gasteiger partial charge in [-0.2, -0.15) is 4.98 Å². The lowest BCUT2D eigenvalue weighted by Crippen LogP contribution is -2.09. The van der Waals surface area contributed by atoms with Gasteiger partial charge in [0.1, 0.15) is 0 Å². The quantitative estimate of drug-likeness (QED) is 0.811. The van der Waals surface area contributed by atoms with E-state index in [0.717, 1.165) is 18.9 Å². The molecule has 1 N–H and O–H groups in total. The number of rotatable bonds is 7. The van der Waals surface area contributed by atoms with Gasteiger partial charge in [0, 0.05) is 12.6 Å². The van der Waals surface area contributed by atoms with E-state index in [1.54, 1.807) is 0 Å². The number of halogens is 2. The first kappa shape index (κ1) is 14.7. The third-order valence-corrected chi connectivity index (χ3v) is 2.37. The highest BCUT2D eigenvalue weighted by atomic mass is 19.1. The van der Waals surface area contributed by atoms with Crippen LogP contribution in [0.2, 0.25) is 0 Å². The van der Waals surface area contributed by atoms with Gasteiger partial charge in [0.15, 0.2) is 17.5 Å². The predicted octanol–water partition coefficient (Wildman–Crippen LogP) is 3.61. The van der Waals surface area contributed by atoms with Gasteiger partial charge < -0.3 is 10.1 Å². The minimum atomic E-state index is -0.765. The molecule has 0 bridgehead atoms. The molecule has 0 aromatic carbocycles. The maximum Gasteiger partial charge on any atom is 0.252 e. The Morgan fingerprint density at radius 1 is 1.33 bits per heavy atom. The van der Waals surface area contributed by atoms with Crippen LogP contribution < -0.4 is 10.1 Å². The monoisotopic (exact) mass is 258 g/mol. The van der Waals surface area contributed by atoms with Gasteiger partial charge in [0.25, 0.3) is 5.88 Å².